The van der Waals surface area contributed by atoms with Gasteiger partial charge in [-0.25, -0.2) is 4.79 Å². The second-order valence-electron chi connectivity index (χ2n) is 10.2. The number of benzene rings is 1. The molecule has 1 aromatic carbocycles. The average molecular weight is 636 g/mol. The minimum absolute atomic E-state index is 0.258. The third-order valence-electron chi connectivity index (χ3n) is 7.57. The van der Waals surface area contributed by atoms with Crippen LogP contribution in [0.15, 0.2) is 23.0 Å². The molecule has 2 amide bonds. The Labute approximate surface area is 240 Å². The predicted octanol–water partition coefficient (Wildman–Crippen LogP) is 0.371. The maximum atomic E-state index is 13.8. The highest BCUT2D eigenvalue weighted by Crippen LogP contribution is 2.54. The number of halogens is 3. The molecule has 0 spiro atoms. The fraction of sp³-hybridized carbons (Fsp3) is 0.417. The number of phenols is 1. The number of aliphatic hydroxyl groups is 3. The van der Waals surface area contributed by atoms with Crippen LogP contribution in [-0.2, 0) is 35.7 Å². The Hall–Kier alpha value is -4.36. The second kappa shape index (κ2) is 10.1. The van der Waals surface area contributed by atoms with Gasteiger partial charge in [0.05, 0.1) is 18.7 Å². The van der Waals surface area contributed by atoms with Gasteiger partial charge < -0.3 is 35.1 Å². The summed E-state index contributed by atoms with van der Waals surface area (Å²) in [7, 11) is -2.76. The zero-order valence-electron chi connectivity index (χ0n) is 22.3. The van der Waals surface area contributed by atoms with Crippen molar-refractivity contribution in [2.45, 2.75) is 30.0 Å². The van der Waals surface area contributed by atoms with Crippen LogP contribution in [0.1, 0.15) is 17.5 Å². The first kappa shape index (κ1) is 31.6. The third-order valence-corrected chi connectivity index (χ3v) is 8.54. The Kier molecular flexibility index (Phi) is 7.44. The van der Waals surface area contributed by atoms with Crippen LogP contribution in [0, 0.1) is 11.8 Å². The first-order valence-electron chi connectivity index (χ1n) is 12.1. The first-order chi connectivity index (χ1) is 19.7. The standard InChI is InChI=1S/C24H24F3N3O12S/c1-30(2)15-9-5-7-4-8-6-10(42-43(39,40)24(25,26)27)14(29-22(37)41-3)17(32)11(8)16(31)12(7)19(34)23(9,38)20(35)13(18(15)33)21(28)36/h6-7,9,15,31-32,35,38H,4-5H2,1-3H3,(H2,28,36)(H,29,37). The molecule has 1 saturated carbocycles. The number of hydrogen-bond acceptors (Lipinski definition) is 13. The van der Waals surface area contributed by atoms with E-state index in [1.54, 1.807) is 5.32 Å². The van der Waals surface area contributed by atoms with E-state index >= 15 is 0 Å². The number of fused-ring (bicyclic) bond motifs is 3. The van der Waals surface area contributed by atoms with Gasteiger partial charge in [-0.2, -0.15) is 21.6 Å². The minimum atomic E-state index is -6.35. The number of ether oxygens (including phenoxy) is 1. The number of methoxy groups -OCH3 is 1. The van der Waals surface area contributed by atoms with Crippen molar-refractivity contribution in [1.82, 2.24) is 4.90 Å². The van der Waals surface area contributed by atoms with E-state index in [4.69, 9.17) is 5.73 Å². The largest absolute Gasteiger partial charge is 0.534 e. The Morgan fingerprint density at radius 2 is 1.79 bits per heavy atom. The smallest absolute Gasteiger partial charge is 0.508 e. The topological polar surface area (TPSA) is 243 Å². The molecule has 4 atom stereocenters. The number of hydrogen-bond donors (Lipinski definition) is 6. The van der Waals surface area contributed by atoms with Gasteiger partial charge in [0.2, 0.25) is 5.78 Å². The van der Waals surface area contributed by atoms with Crippen LogP contribution in [0.4, 0.5) is 23.7 Å². The summed E-state index contributed by atoms with van der Waals surface area (Å²) in [6.07, 6.45) is -2.18. The number of carbonyl (C=O) groups excluding carboxylic acids is 4. The van der Waals surface area contributed by atoms with Gasteiger partial charge in [0.1, 0.15) is 22.8 Å². The van der Waals surface area contributed by atoms with Crippen molar-refractivity contribution >= 4 is 45.1 Å². The van der Waals surface area contributed by atoms with E-state index in [9.17, 15) is 61.2 Å². The minimum Gasteiger partial charge on any atom is -0.508 e. The molecule has 4 rings (SSSR count). The number of primary amides is 1. The number of alkyl halides is 3. The molecular formula is C24H24F3N3O12S. The third kappa shape index (κ3) is 4.63. The summed E-state index contributed by atoms with van der Waals surface area (Å²) >= 11 is 0. The monoisotopic (exact) mass is 635 g/mol. The maximum absolute atomic E-state index is 13.8. The molecule has 1 fully saturated rings. The predicted molar refractivity (Wildman–Crippen MR) is 136 cm³/mol. The van der Waals surface area contributed by atoms with Crippen molar-refractivity contribution in [1.29, 1.82) is 0 Å². The van der Waals surface area contributed by atoms with Crippen LogP contribution >= 0.6 is 0 Å². The number of phenolic OH excluding ortho intramolecular Hbond substituents is 1. The molecule has 0 aromatic heterocycles. The highest BCUT2D eigenvalue weighted by Gasteiger charge is 2.64. The van der Waals surface area contributed by atoms with Crippen molar-refractivity contribution in [2.24, 2.45) is 17.6 Å². The lowest BCUT2D eigenvalue weighted by Gasteiger charge is -2.50. The maximum Gasteiger partial charge on any atom is 0.534 e. The molecule has 7 N–H and O–H groups in total. The number of nitrogens with two attached hydrogens (primary N) is 1. The zero-order valence-corrected chi connectivity index (χ0v) is 23.2. The Balaban J connectivity index is 1.97. The van der Waals surface area contributed by atoms with Gasteiger partial charge >= 0.3 is 21.7 Å². The van der Waals surface area contributed by atoms with Crippen LogP contribution in [0.5, 0.6) is 11.5 Å². The van der Waals surface area contributed by atoms with Gasteiger partial charge in [-0.1, -0.05) is 0 Å². The molecule has 3 aliphatic carbocycles. The van der Waals surface area contributed by atoms with Gasteiger partial charge in [0, 0.05) is 11.5 Å². The fourth-order valence-corrected chi connectivity index (χ4v) is 6.24. The number of anilines is 1. The molecule has 1 aromatic rings. The molecular weight excluding hydrogens is 611 g/mol. The lowest BCUT2D eigenvalue weighted by atomic mass is 9.57. The lowest BCUT2D eigenvalue weighted by Crippen LogP contribution is -2.65. The Morgan fingerprint density at radius 1 is 1.19 bits per heavy atom. The molecule has 0 bridgehead atoms. The van der Waals surface area contributed by atoms with Gasteiger partial charge in [0.25, 0.3) is 5.91 Å². The SMILES string of the molecule is COC(=O)Nc1c(OS(=O)(=O)C(F)(F)F)cc2c(c1O)C(O)=C1C(=O)C3(O)C(O)=C(C(N)=O)C(=O)C(N(C)C)C3CC1C2. The number of nitrogens with one attached hydrogen (secondary N) is 1. The summed E-state index contributed by atoms with van der Waals surface area (Å²) in [6.45, 7) is 0. The molecule has 19 heteroatoms. The Morgan fingerprint density at radius 3 is 2.30 bits per heavy atom. The molecule has 15 nitrogen and oxygen atoms in total. The molecule has 0 heterocycles. The van der Waals surface area contributed by atoms with Crippen LogP contribution in [0.3, 0.4) is 0 Å². The van der Waals surface area contributed by atoms with Crippen LogP contribution in [-0.4, -0.2) is 95.7 Å². The quantitative estimate of drug-likeness (QED) is 0.111. The van der Waals surface area contributed by atoms with Crippen molar-refractivity contribution in [3.63, 3.8) is 0 Å². The summed E-state index contributed by atoms with van der Waals surface area (Å²) in [6, 6.07) is -0.729. The summed E-state index contributed by atoms with van der Waals surface area (Å²) in [5, 5.41) is 46.4. The normalized spacial score (nSPS) is 25.6. The van der Waals surface area contributed by atoms with E-state index in [2.05, 4.69) is 8.92 Å². The summed E-state index contributed by atoms with van der Waals surface area (Å²) in [4.78, 5) is 52.1. The number of ketones is 2. The van der Waals surface area contributed by atoms with Crippen LogP contribution in [0.25, 0.3) is 5.76 Å². The van der Waals surface area contributed by atoms with E-state index in [-0.39, 0.29) is 12.0 Å². The molecule has 234 valence electrons. The van der Waals surface area contributed by atoms with Gasteiger partial charge in [-0.3, -0.25) is 24.6 Å². The highest BCUT2D eigenvalue weighted by molar-refractivity contribution is 7.88. The van der Waals surface area contributed by atoms with E-state index in [0.717, 1.165) is 7.11 Å². The molecule has 0 saturated heterocycles. The van der Waals surface area contributed by atoms with Gasteiger partial charge in [0.15, 0.2) is 22.9 Å². The number of aliphatic hydroxyl groups excluding tert-OH is 2. The molecule has 4 unspecified atom stereocenters. The van der Waals surface area contributed by atoms with Crippen molar-refractivity contribution in [2.75, 3.05) is 26.5 Å². The Bertz CT molecular complexity index is 1650. The number of nitrogens with zero attached hydrogens (tertiary/aromatic N) is 1. The fourth-order valence-electron chi connectivity index (χ4n) is 5.78. The van der Waals surface area contributed by atoms with Crippen molar-refractivity contribution in [3.8, 4) is 11.5 Å². The van der Waals surface area contributed by atoms with Crippen molar-refractivity contribution in [3.05, 3.63) is 34.1 Å². The van der Waals surface area contributed by atoms with Crippen molar-refractivity contribution < 1.29 is 70.1 Å². The van der Waals surface area contributed by atoms with Gasteiger partial charge in [-0.15, -0.1) is 0 Å². The lowest BCUT2D eigenvalue weighted by molar-refractivity contribution is -0.153. The number of likely N-dealkylation sites (N-methyl/N-ethyl adjacent to an activating group) is 1. The summed E-state index contributed by atoms with van der Waals surface area (Å²) < 4.78 is 71.4. The van der Waals surface area contributed by atoms with E-state index in [0.29, 0.717) is 6.07 Å². The van der Waals surface area contributed by atoms with Crippen LogP contribution < -0.4 is 15.2 Å². The zero-order chi connectivity index (χ0) is 32.6. The number of Topliss-reactive ketones (excluding diaryl/α,β-unsaturated/α-hetero) is 2. The first-order valence-corrected chi connectivity index (χ1v) is 13.5. The summed E-state index contributed by atoms with van der Waals surface area (Å²) in [5.74, 6) is -11.3. The second-order valence-corrected chi connectivity index (χ2v) is 11.7. The molecule has 3 aliphatic rings. The van der Waals surface area contributed by atoms with Gasteiger partial charge in [-0.05, 0) is 44.5 Å². The number of amides is 2. The van der Waals surface area contributed by atoms with Crippen LogP contribution in [0.2, 0.25) is 0 Å². The highest BCUT2D eigenvalue weighted by atomic mass is 32.2. The van der Waals surface area contributed by atoms with E-state index in [1.807, 2.05) is 0 Å². The molecule has 0 radical (unpaired) electrons. The number of carbonyl (C=O) groups is 4. The van der Waals surface area contributed by atoms with E-state index < -0.39 is 115 Å². The summed E-state index contributed by atoms with van der Waals surface area (Å²) in [5.41, 5.74) is -7.31. The van der Waals surface area contributed by atoms with E-state index in [1.165, 1.54) is 19.0 Å². The molecule has 0 aliphatic heterocycles. The number of aromatic hydroxyl groups is 1. The molecule has 43 heavy (non-hydrogen) atoms. The number of rotatable bonds is 5. The average Bonchev–Trinajstić information content (AvgIpc) is 2.86.